The first-order chi connectivity index (χ1) is 4.83. The molecule has 1 aliphatic rings. The third-order valence-corrected chi connectivity index (χ3v) is 2.55. The molecule has 1 rings (SSSR count). The van der Waals surface area contributed by atoms with Crippen LogP contribution in [0.15, 0.2) is 11.0 Å². The highest BCUT2D eigenvalue weighted by atomic mass is 32.2. The van der Waals surface area contributed by atoms with Gasteiger partial charge in [0.2, 0.25) is 0 Å². The van der Waals surface area contributed by atoms with Crippen molar-refractivity contribution >= 4 is 16.9 Å². The number of hydrogen-bond acceptors (Lipinski definition) is 2. The van der Waals surface area contributed by atoms with E-state index in [0.29, 0.717) is 11.5 Å². The molecule has 0 aromatic rings. The Labute approximate surface area is 65.9 Å². The Hall–Kier alpha value is -0.240. The zero-order chi connectivity index (χ0) is 7.40. The second-order valence-corrected chi connectivity index (χ2v) is 3.64. The van der Waals surface area contributed by atoms with Gasteiger partial charge in [0.1, 0.15) is 0 Å². The summed E-state index contributed by atoms with van der Waals surface area (Å²) in [5, 5.41) is 0.311. The van der Waals surface area contributed by atoms with Gasteiger partial charge in [0, 0.05) is 6.42 Å². The highest BCUT2D eigenvalue weighted by Crippen LogP contribution is 2.30. The lowest BCUT2D eigenvalue weighted by Crippen LogP contribution is -1.79. The van der Waals surface area contributed by atoms with Crippen LogP contribution in [0.4, 0.5) is 0 Å². The Balaban J connectivity index is 2.23. The van der Waals surface area contributed by atoms with E-state index in [9.17, 15) is 4.79 Å². The largest absolute Gasteiger partial charge is 0.287 e. The van der Waals surface area contributed by atoms with E-state index >= 15 is 0 Å². The minimum Gasteiger partial charge on any atom is -0.287 e. The summed E-state index contributed by atoms with van der Waals surface area (Å²) in [7, 11) is 0. The Morgan fingerprint density at radius 2 is 2.50 bits per heavy atom. The fourth-order valence-corrected chi connectivity index (χ4v) is 1.80. The van der Waals surface area contributed by atoms with Gasteiger partial charge in [-0.3, -0.25) is 4.79 Å². The number of carbonyl (C=O) groups excluding carboxylic acids is 1. The molecule has 1 heterocycles. The van der Waals surface area contributed by atoms with Gasteiger partial charge in [-0.15, -0.1) is 0 Å². The molecule has 0 saturated heterocycles. The van der Waals surface area contributed by atoms with Crippen molar-refractivity contribution < 1.29 is 4.79 Å². The molecule has 0 atom stereocenters. The number of hydrogen-bond donors (Lipinski definition) is 0. The van der Waals surface area contributed by atoms with Gasteiger partial charge in [-0.1, -0.05) is 31.2 Å². The molecule has 0 amide bonds. The van der Waals surface area contributed by atoms with Crippen molar-refractivity contribution in [3.05, 3.63) is 11.0 Å². The van der Waals surface area contributed by atoms with Gasteiger partial charge in [-0.25, -0.2) is 0 Å². The minimum atomic E-state index is 0.311. The molecule has 0 fully saturated rings. The summed E-state index contributed by atoms with van der Waals surface area (Å²) < 4.78 is 0. The van der Waals surface area contributed by atoms with Crippen LogP contribution in [0.2, 0.25) is 0 Å². The predicted octanol–water partition coefficient (Wildman–Crippen LogP) is 2.72. The van der Waals surface area contributed by atoms with Gasteiger partial charge < -0.3 is 0 Å². The minimum absolute atomic E-state index is 0.311. The SMILES string of the molecule is CCCCC1=CCC(=O)S1. The van der Waals surface area contributed by atoms with Gasteiger partial charge in [0.25, 0.3) is 0 Å². The van der Waals surface area contributed by atoms with Gasteiger partial charge in [0.15, 0.2) is 5.12 Å². The summed E-state index contributed by atoms with van der Waals surface area (Å²) in [5.74, 6) is 0. The average molecular weight is 156 g/mol. The fraction of sp³-hybridized carbons (Fsp3) is 0.625. The van der Waals surface area contributed by atoms with Crippen molar-refractivity contribution in [2.24, 2.45) is 0 Å². The van der Waals surface area contributed by atoms with Crippen molar-refractivity contribution in [2.45, 2.75) is 32.6 Å². The van der Waals surface area contributed by atoms with E-state index in [4.69, 9.17) is 0 Å². The molecule has 0 aliphatic carbocycles. The number of allylic oxidation sites excluding steroid dienone is 2. The molecule has 1 nitrogen and oxygen atoms in total. The van der Waals surface area contributed by atoms with Gasteiger partial charge in [0.05, 0.1) is 0 Å². The smallest absolute Gasteiger partial charge is 0.197 e. The lowest BCUT2D eigenvalue weighted by Gasteiger charge is -1.95. The summed E-state index contributed by atoms with van der Waals surface area (Å²) >= 11 is 1.43. The number of carbonyl (C=O) groups is 1. The molecular formula is C8H12OS. The molecule has 0 aromatic heterocycles. The number of unbranched alkanes of at least 4 members (excludes halogenated alkanes) is 1. The Bertz CT molecular complexity index is 161. The molecule has 0 spiro atoms. The van der Waals surface area contributed by atoms with Crippen LogP contribution in [-0.2, 0) is 4.79 Å². The first-order valence-corrected chi connectivity index (χ1v) is 4.54. The number of thioether (sulfide) groups is 1. The van der Waals surface area contributed by atoms with E-state index < -0.39 is 0 Å². The fourth-order valence-electron chi connectivity index (χ4n) is 0.931. The van der Waals surface area contributed by atoms with Crippen LogP contribution < -0.4 is 0 Å². The third kappa shape index (κ3) is 2.18. The zero-order valence-electron chi connectivity index (χ0n) is 6.22. The standard InChI is InChI=1S/C8H12OS/c1-2-3-4-7-5-6-8(9)10-7/h5H,2-4,6H2,1H3. The average Bonchev–Trinajstić information content (AvgIpc) is 2.31. The van der Waals surface area contributed by atoms with Crippen molar-refractivity contribution in [1.29, 1.82) is 0 Å². The van der Waals surface area contributed by atoms with E-state index in [1.165, 1.54) is 29.5 Å². The Morgan fingerprint density at radius 1 is 1.70 bits per heavy atom. The predicted molar refractivity (Wildman–Crippen MR) is 44.8 cm³/mol. The molecule has 0 bridgehead atoms. The molecule has 0 unspecified atom stereocenters. The maximum absolute atomic E-state index is 10.7. The summed E-state index contributed by atoms with van der Waals surface area (Å²) in [5.41, 5.74) is 0. The third-order valence-electron chi connectivity index (χ3n) is 1.52. The highest BCUT2D eigenvalue weighted by Gasteiger charge is 2.12. The second-order valence-electron chi connectivity index (χ2n) is 2.45. The molecule has 56 valence electrons. The lowest BCUT2D eigenvalue weighted by atomic mass is 10.2. The van der Waals surface area contributed by atoms with Crippen molar-refractivity contribution in [2.75, 3.05) is 0 Å². The quantitative estimate of drug-likeness (QED) is 0.625. The zero-order valence-corrected chi connectivity index (χ0v) is 7.04. The highest BCUT2D eigenvalue weighted by molar-refractivity contribution is 8.17. The van der Waals surface area contributed by atoms with E-state index in [1.807, 2.05) is 0 Å². The van der Waals surface area contributed by atoms with Crippen molar-refractivity contribution in [3.63, 3.8) is 0 Å². The monoisotopic (exact) mass is 156 g/mol. The molecule has 1 aliphatic heterocycles. The van der Waals surface area contributed by atoms with Crippen LogP contribution in [-0.4, -0.2) is 5.12 Å². The maximum Gasteiger partial charge on any atom is 0.197 e. The number of rotatable bonds is 3. The van der Waals surface area contributed by atoms with Gasteiger partial charge in [-0.2, -0.15) is 0 Å². The van der Waals surface area contributed by atoms with Crippen molar-refractivity contribution in [1.82, 2.24) is 0 Å². The Kier molecular flexibility index (Phi) is 3.00. The Morgan fingerprint density at radius 3 is 3.00 bits per heavy atom. The van der Waals surface area contributed by atoms with E-state index in [-0.39, 0.29) is 0 Å². The van der Waals surface area contributed by atoms with Crippen LogP contribution in [0.25, 0.3) is 0 Å². The van der Waals surface area contributed by atoms with E-state index in [0.717, 1.165) is 6.42 Å². The molecular weight excluding hydrogens is 144 g/mol. The first-order valence-electron chi connectivity index (χ1n) is 3.72. The molecule has 2 heteroatoms. The first kappa shape index (κ1) is 7.86. The topological polar surface area (TPSA) is 17.1 Å². The van der Waals surface area contributed by atoms with E-state index in [1.54, 1.807) is 0 Å². The lowest BCUT2D eigenvalue weighted by molar-refractivity contribution is -0.110. The van der Waals surface area contributed by atoms with Crippen molar-refractivity contribution in [3.8, 4) is 0 Å². The van der Waals surface area contributed by atoms with Gasteiger partial charge in [-0.05, 0) is 17.7 Å². The molecule has 0 saturated carbocycles. The molecule has 0 aromatic carbocycles. The van der Waals surface area contributed by atoms with Gasteiger partial charge >= 0.3 is 0 Å². The normalized spacial score (nSPS) is 17.7. The maximum atomic E-state index is 10.7. The molecule has 10 heavy (non-hydrogen) atoms. The van der Waals surface area contributed by atoms with Crippen LogP contribution in [0.3, 0.4) is 0 Å². The van der Waals surface area contributed by atoms with Crippen LogP contribution >= 0.6 is 11.8 Å². The summed E-state index contributed by atoms with van der Waals surface area (Å²) in [6, 6.07) is 0. The van der Waals surface area contributed by atoms with Crippen LogP contribution in [0, 0.1) is 0 Å². The summed E-state index contributed by atoms with van der Waals surface area (Å²) in [4.78, 5) is 12.0. The van der Waals surface area contributed by atoms with Crippen LogP contribution in [0.5, 0.6) is 0 Å². The van der Waals surface area contributed by atoms with E-state index in [2.05, 4.69) is 13.0 Å². The summed E-state index contributed by atoms with van der Waals surface area (Å²) in [6.07, 6.45) is 6.25. The molecule has 0 N–H and O–H groups in total. The van der Waals surface area contributed by atoms with Crippen LogP contribution in [0.1, 0.15) is 32.6 Å². The molecule has 0 radical (unpaired) electrons. The summed E-state index contributed by atoms with van der Waals surface area (Å²) in [6.45, 7) is 2.17. The second kappa shape index (κ2) is 3.81.